The van der Waals surface area contributed by atoms with Crippen LogP contribution in [-0.4, -0.2) is 75.3 Å². The van der Waals surface area contributed by atoms with Crippen LogP contribution < -0.4 is 5.32 Å². The summed E-state index contributed by atoms with van der Waals surface area (Å²) >= 11 is 0. The van der Waals surface area contributed by atoms with Gasteiger partial charge in [0, 0.05) is 19.7 Å². The Bertz CT molecular complexity index is 215. The van der Waals surface area contributed by atoms with Crippen molar-refractivity contribution >= 4 is 0 Å². The van der Waals surface area contributed by atoms with Crippen molar-refractivity contribution in [3.8, 4) is 0 Å². The second kappa shape index (κ2) is 12.5. The number of hydrogen-bond acceptors (Lipinski definition) is 5. The van der Waals surface area contributed by atoms with Gasteiger partial charge in [-0.1, -0.05) is 0 Å². The molecule has 122 valence electrons. The van der Waals surface area contributed by atoms with E-state index < -0.39 is 6.10 Å². The minimum Gasteiger partial charge on any atom is -0.389 e. The molecule has 0 aliphatic carbocycles. The third kappa shape index (κ3) is 11.6. The molecule has 0 radical (unpaired) electrons. The van der Waals surface area contributed by atoms with Crippen LogP contribution in [0.4, 0.5) is 0 Å². The predicted octanol–water partition coefficient (Wildman–Crippen LogP) is 1.11. The maximum atomic E-state index is 9.75. The number of methoxy groups -OCH3 is 1. The van der Waals surface area contributed by atoms with Crippen molar-refractivity contribution in [2.45, 2.75) is 51.9 Å². The van der Waals surface area contributed by atoms with E-state index in [-0.39, 0.29) is 6.10 Å². The van der Waals surface area contributed by atoms with Crippen LogP contribution in [0.3, 0.4) is 0 Å². The average Bonchev–Trinajstić information content (AvgIpc) is 2.40. The second-order valence-electron chi connectivity index (χ2n) is 5.74. The molecular weight excluding hydrogens is 256 g/mol. The molecule has 0 amide bonds. The Labute approximate surface area is 124 Å². The highest BCUT2D eigenvalue weighted by Gasteiger charge is 2.07. The lowest BCUT2D eigenvalue weighted by molar-refractivity contribution is -0.0310. The standard InChI is InChI=1S/C15H34N2O3/c1-13(2)17(4)9-7-6-8-16-10-15(18)12-20-14(3)11-19-5/h13-16,18H,6-12H2,1-5H3. The Hall–Kier alpha value is -0.200. The lowest BCUT2D eigenvalue weighted by Gasteiger charge is -2.20. The number of aliphatic hydroxyl groups is 1. The number of aliphatic hydroxyl groups excluding tert-OH is 1. The topological polar surface area (TPSA) is 54.0 Å². The normalized spacial score (nSPS) is 15.0. The molecule has 0 aromatic rings. The zero-order valence-corrected chi connectivity index (χ0v) is 13.9. The van der Waals surface area contributed by atoms with Gasteiger partial charge in [-0.05, 0) is 53.8 Å². The van der Waals surface area contributed by atoms with Crippen LogP contribution in [0.1, 0.15) is 33.6 Å². The van der Waals surface area contributed by atoms with Gasteiger partial charge in [-0.3, -0.25) is 0 Å². The Morgan fingerprint density at radius 1 is 1.15 bits per heavy atom. The lowest BCUT2D eigenvalue weighted by atomic mass is 10.2. The van der Waals surface area contributed by atoms with Gasteiger partial charge in [0.2, 0.25) is 0 Å². The van der Waals surface area contributed by atoms with Gasteiger partial charge in [0.25, 0.3) is 0 Å². The van der Waals surface area contributed by atoms with Gasteiger partial charge in [0.05, 0.1) is 25.4 Å². The van der Waals surface area contributed by atoms with Crippen molar-refractivity contribution in [1.29, 1.82) is 0 Å². The van der Waals surface area contributed by atoms with Crippen LogP contribution >= 0.6 is 0 Å². The smallest absolute Gasteiger partial charge is 0.0897 e. The van der Waals surface area contributed by atoms with E-state index in [9.17, 15) is 5.11 Å². The van der Waals surface area contributed by atoms with Crippen LogP contribution in [-0.2, 0) is 9.47 Å². The molecule has 0 saturated heterocycles. The number of hydrogen-bond donors (Lipinski definition) is 2. The van der Waals surface area contributed by atoms with E-state index in [1.54, 1.807) is 7.11 Å². The van der Waals surface area contributed by atoms with E-state index in [2.05, 4.69) is 31.1 Å². The predicted molar refractivity (Wildman–Crippen MR) is 83.2 cm³/mol. The summed E-state index contributed by atoms with van der Waals surface area (Å²) in [4.78, 5) is 2.35. The van der Waals surface area contributed by atoms with Gasteiger partial charge in [0.1, 0.15) is 0 Å². The molecule has 0 spiro atoms. The van der Waals surface area contributed by atoms with Crippen LogP contribution in [0.25, 0.3) is 0 Å². The Morgan fingerprint density at radius 3 is 2.45 bits per heavy atom. The van der Waals surface area contributed by atoms with Crippen LogP contribution in [0, 0.1) is 0 Å². The van der Waals surface area contributed by atoms with Crippen molar-refractivity contribution in [3.63, 3.8) is 0 Å². The molecule has 2 N–H and O–H groups in total. The molecule has 5 heteroatoms. The Balaban J connectivity index is 3.37. The monoisotopic (exact) mass is 290 g/mol. The van der Waals surface area contributed by atoms with E-state index in [0.29, 0.717) is 25.8 Å². The van der Waals surface area contributed by atoms with E-state index in [0.717, 1.165) is 19.5 Å². The molecular formula is C15H34N2O3. The highest BCUT2D eigenvalue weighted by Crippen LogP contribution is 1.97. The van der Waals surface area contributed by atoms with E-state index >= 15 is 0 Å². The van der Waals surface area contributed by atoms with Gasteiger partial charge in [-0.25, -0.2) is 0 Å². The molecule has 0 aromatic carbocycles. The highest BCUT2D eigenvalue weighted by atomic mass is 16.5. The maximum absolute atomic E-state index is 9.75. The Kier molecular flexibility index (Phi) is 12.4. The minimum atomic E-state index is -0.451. The quantitative estimate of drug-likeness (QED) is 0.498. The van der Waals surface area contributed by atoms with Crippen molar-refractivity contribution in [3.05, 3.63) is 0 Å². The number of nitrogens with zero attached hydrogens (tertiary/aromatic N) is 1. The fraction of sp³-hybridized carbons (Fsp3) is 1.00. The fourth-order valence-corrected chi connectivity index (χ4v) is 1.76. The number of nitrogens with one attached hydrogen (secondary N) is 1. The third-order valence-electron chi connectivity index (χ3n) is 3.35. The van der Waals surface area contributed by atoms with Gasteiger partial charge < -0.3 is 24.8 Å². The summed E-state index contributed by atoms with van der Waals surface area (Å²) in [7, 11) is 3.80. The summed E-state index contributed by atoms with van der Waals surface area (Å²) in [6, 6.07) is 0.607. The molecule has 5 nitrogen and oxygen atoms in total. The van der Waals surface area contributed by atoms with E-state index in [1.807, 2.05) is 6.92 Å². The minimum absolute atomic E-state index is 0.0289. The summed E-state index contributed by atoms with van der Waals surface area (Å²) in [6.07, 6.45) is 1.89. The lowest BCUT2D eigenvalue weighted by Crippen LogP contribution is -2.33. The zero-order chi connectivity index (χ0) is 15.4. The van der Waals surface area contributed by atoms with Crippen molar-refractivity contribution in [2.24, 2.45) is 0 Å². The molecule has 0 aliphatic rings. The number of rotatable bonds is 13. The van der Waals surface area contributed by atoms with Crippen LogP contribution in [0.2, 0.25) is 0 Å². The molecule has 0 aliphatic heterocycles. The van der Waals surface area contributed by atoms with Gasteiger partial charge in [-0.2, -0.15) is 0 Å². The van der Waals surface area contributed by atoms with Crippen LogP contribution in [0.15, 0.2) is 0 Å². The average molecular weight is 290 g/mol. The SMILES string of the molecule is COCC(C)OCC(O)CNCCCCN(C)C(C)C. The largest absolute Gasteiger partial charge is 0.389 e. The first-order valence-electron chi connectivity index (χ1n) is 7.67. The van der Waals surface area contributed by atoms with Gasteiger partial charge in [-0.15, -0.1) is 0 Å². The summed E-state index contributed by atoms with van der Waals surface area (Å²) < 4.78 is 10.4. The van der Waals surface area contributed by atoms with Gasteiger partial charge >= 0.3 is 0 Å². The number of unbranched alkanes of at least 4 members (excludes halogenated alkanes) is 1. The number of ether oxygens (including phenoxy) is 2. The molecule has 0 aromatic heterocycles. The molecule has 0 rings (SSSR count). The molecule has 0 bridgehead atoms. The fourth-order valence-electron chi connectivity index (χ4n) is 1.76. The van der Waals surface area contributed by atoms with Crippen molar-refractivity contribution in [2.75, 3.05) is 47.0 Å². The van der Waals surface area contributed by atoms with E-state index in [1.165, 1.54) is 6.42 Å². The Morgan fingerprint density at radius 2 is 1.85 bits per heavy atom. The first-order chi connectivity index (χ1) is 9.47. The molecule has 0 fully saturated rings. The van der Waals surface area contributed by atoms with Crippen LogP contribution in [0.5, 0.6) is 0 Å². The van der Waals surface area contributed by atoms with Crippen molar-refractivity contribution in [1.82, 2.24) is 10.2 Å². The maximum Gasteiger partial charge on any atom is 0.0897 e. The van der Waals surface area contributed by atoms with Gasteiger partial charge in [0.15, 0.2) is 0 Å². The molecule has 2 atom stereocenters. The highest BCUT2D eigenvalue weighted by molar-refractivity contribution is 4.61. The third-order valence-corrected chi connectivity index (χ3v) is 3.35. The summed E-state index contributed by atoms with van der Waals surface area (Å²) in [6.45, 7) is 9.92. The molecule has 20 heavy (non-hydrogen) atoms. The molecule has 0 heterocycles. The van der Waals surface area contributed by atoms with E-state index in [4.69, 9.17) is 9.47 Å². The summed E-state index contributed by atoms with van der Waals surface area (Å²) in [5.74, 6) is 0. The molecule has 2 unspecified atom stereocenters. The second-order valence-corrected chi connectivity index (χ2v) is 5.74. The first-order valence-corrected chi connectivity index (χ1v) is 7.67. The van der Waals surface area contributed by atoms with Crippen molar-refractivity contribution < 1.29 is 14.6 Å². The molecule has 0 saturated carbocycles. The zero-order valence-electron chi connectivity index (χ0n) is 13.9. The summed E-state index contributed by atoms with van der Waals surface area (Å²) in [5, 5.41) is 13.0. The summed E-state index contributed by atoms with van der Waals surface area (Å²) in [5.41, 5.74) is 0. The first kappa shape index (κ1) is 19.8.